The van der Waals surface area contributed by atoms with Crippen LogP contribution in [0.2, 0.25) is 5.02 Å². The number of hydrogen-bond donors (Lipinski definition) is 0. The Kier molecular flexibility index (Phi) is 6.66. The van der Waals surface area contributed by atoms with E-state index >= 15 is 0 Å². The zero-order valence-electron chi connectivity index (χ0n) is 15.9. The first-order valence-electron chi connectivity index (χ1n) is 9.04. The average Bonchev–Trinajstić information content (AvgIpc) is 3.15. The molecule has 3 rings (SSSR count). The van der Waals surface area contributed by atoms with Gasteiger partial charge in [-0.25, -0.2) is 0 Å². The molecule has 0 unspecified atom stereocenters. The molecular weight excluding hydrogens is 378 g/mol. The molecule has 0 aliphatic heterocycles. The third-order valence-corrected chi connectivity index (χ3v) is 4.54. The predicted octanol–water partition coefficient (Wildman–Crippen LogP) is 4.52. The summed E-state index contributed by atoms with van der Waals surface area (Å²) in [5, 5.41) is 4.50. The Bertz CT molecular complexity index is 925. The lowest BCUT2D eigenvalue weighted by Gasteiger charge is -2.14. The van der Waals surface area contributed by atoms with Crippen LogP contribution < -0.4 is 4.74 Å². The van der Waals surface area contributed by atoms with E-state index in [2.05, 4.69) is 10.1 Å². The molecule has 1 heterocycles. The van der Waals surface area contributed by atoms with Gasteiger partial charge in [0.25, 0.3) is 0 Å². The molecule has 3 aromatic rings. The SMILES string of the molecule is Cc1ccc(OCCCC(=O)N(C)Cc2nc(-c3ccccc3Cl)no2)cc1. The summed E-state index contributed by atoms with van der Waals surface area (Å²) in [5.41, 5.74) is 1.88. The van der Waals surface area contributed by atoms with Crippen molar-refractivity contribution in [1.82, 2.24) is 15.0 Å². The molecule has 0 fully saturated rings. The maximum atomic E-state index is 12.3. The molecule has 0 aliphatic rings. The lowest BCUT2D eigenvalue weighted by atomic mass is 10.2. The van der Waals surface area contributed by atoms with E-state index in [-0.39, 0.29) is 12.5 Å². The van der Waals surface area contributed by atoms with Gasteiger partial charge >= 0.3 is 0 Å². The third kappa shape index (κ3) is 5.33. The van der Waals surface area contributed by atoms with Gasteiger partial charge in [0.2, 0.25) is 17.6 Å². The van der Waals surface area contributed by atoms with Crippen LogP contribution >= 0.6 is 11.6 Å². The molecule has 0 bridgehead atoms. The van der Waals surface area contributed by atoms with Crippen LogP contribution in [0.3, 0.4) is 0 Å². The number of amides is 1. The summed E-state index contributed by atoms with van der Waals surface area (Å²) in [7, 11) is 1.71. The number of aromatic nitrogens is 2. The van der Waals surface area contributed by atoms with Gasteiger partial charge < -0.3 is 14.2 Å². The van der Waals surface area contributed by atoms with E-state index in [4.69, 9.17) is 20.9 Å². The molecule has 6 nitrogen and oxygen atoms in total. The monoisotopic (exact) mass is 399 g/mol. The minimum absolute atomic E-state index is 0.00926. The summed E-state index contributed by atoms with van der Waals surface area (Å²) in [6.07, 6.45) is 1.01. The Balaban J connectivity index is 1.45. The highest BCUT2D eigenvalue weighted by Crippen LogP contribution is 2.25. The standard InChI is InChI=1S/C21H22ClN3O3/c1-15-9-11-16(12-10-15)27-13-5-8-20(26)25(2)14-19-23-21(24-28-19)17-6-3-4-7-18(17)22/h3-4,6-7,9-12H,5,8,13-14H2,1-2H3. The van der Waals surface area contributed by atoms with E-state index in [0.717, 1.165) is 5.75 Å². The number of nitrogens with zero attached hydrogens (tertiary/aromatic N) is 3. The summed E-state index contributed by atoms with van der Waals surface area (Å²) in [6.45, 7) is 2.76. The van der Waals surface area contributed by atoms with E-state index in [1.807, 2.05) is 49.4 Å². The van der Waals surface area contributed by atoms with Crippen molar-refractivity contribution >= 4 is 17.5 Å². The lowest BCUT2D eigenvalue weighted by Crippen LogP contribution is -2.26. The number of halogens is 1. The van der Waals surface area contributed by atoms with E-state index in [1.165, 1.54) is 5.56 Å². The molecule has 28 heavy (non-hydrogen) atoms. The van der Waals surface area contributed by atoms with Gasteiger partial charge in [-0.05, 0) is 37.6 Å². The Hall–Kier alpha value is -2.86. The highest BCUT2D eigenvalue weighted by molar-refractivity contribution is 6.33. The second kappa shape index (κ2) is 9.37. The minimum Gasteiger partial charge on any atom is -0.494 e. The second-order valence-corrected chi connectivity index (χ2v) is 6.91. The molecule has 0 N–H and O–H groups in total. The molecule has 7 heteroatoms. The van der Waals surface area contributed by atoms with Gasteiger partial charge in [-0.2, -0.15) is 4.98 Å². The molecule has 0 radical (unpaired) electrons. The van der Waals surface area contributed by atoms with Gasteiger partial charge in [0.1, 0.15) is 5.75 Å². The molecule has 146 valence electrons. The summed E-state index contributed by atoms with van der Waals surface area (Å²) >= 11 is 6.15. The lowest BCUT2D eigenvalue weighted by molar-refractivity contribution is -0.131. The van der Waals surface area contributed by atoms with Crippen molar-refractivity contribution in [3.63, 3.8) is 0 Å². The molecule has 0 saturated carbocycles. The summed E-state index contributed by atoms with van der Waals surface area (Å²) < 4.78 is 10.9. The van der Waals surface area contributed by atoms with Crippen LogP contribution in [0.15, 0.2) is 53.1 Å². The number of carbonyl (C=O) groups is 1. The fourth-order valence-electron chi connectivity index (χ4n) is 2.60. The molecular formula is C21H22ClN3O3. The van der Waals surface area contributed by atoms with Crippen molar-refractivity contribution in [2.75, 3.05) is 13.7 Å². The Morgan fingerprint density at radius 1 is 1.18 bits per heavy atom. The Morgan fingerprint density at radius 3 is 2.68 bits per heavy atom. The molecule has 0 spiro atoms. The minimum atomic E-state index is -0.00926. The third-order valence-electron chi connectivity index (χ3n) is 4.21. The van der Waals surface area contributed by atoms with Crippen LogP contribution in [-0.2, 0) is 11.3 Å². The number of rotatable bonds is 8. The molecule has 1 amide bonds. The number of benzene rings is 2. The van der Waals surface area contributed by atoms with E-state index < -0.39 is 0 Å². The van der Waals surface area contributed by atoms with Crippen LogP contribution in [-0.4, -0.2) is 34.6 Å². The smallest absolute Gasteiger partial charge is 0.246 e. The summed E-state index contributed by atoms with van der Waals surface area (Å²) in [4.78, 5) is 18.2. The van der Waals surface area contributed by atoms with Gasteiger partial charge in [-0.1, -0.05) is 46.6 Å². The Morgan fingerprint density at radius 2 is 1.93 bits per heavy atom. The van der Waals surface area contributed by atoms with E-state index in [1.54, 1.807) is 18.0 Å². The fourth-order valence-corrected chi connectivity index (χ4v) is 2.82. The first kappa shape index (κ1) is 19.9. The fraction of sp³-hybridized carbons (Fsp3) is 0.286. The molecule has 0 saturated heterocycles. The molecule has 0 atom stereocenters. The van der Waals surface area contributed by atoms with Gasteiger partial charge in [0.15, 0.2) is 0 Å². The first-order valence-corrected chi connectivity index (χ1v) is 9.41. The largest absolute Gasteiger partial charge is 0.494 e. The van der Waals surface area contributed by atoms with Crippen LogP contribution in [0.25, 0.3) is 11.4 Å². The van der Waals surface area contributed by atoms with Crippen LogP contribution in [0.4, 0.5) is 0 Å². The van der Waals surface area contributed by atoms with Gasteiger partial charge in [0, 0.05) is 19.0 Å². The van der Waals surface area contributed by atoms with Crippen molar-refractivity contribution in [1.29, 1.82) is 0 Å². The second-order valence-electron chi connectivity index (χ2n) is 6.51. The highest BCUT2D eigenvalue weighted by atomic mass is 35.5. The predicted molar refractivity (Wildman–Crippen MR) is 107 cm³/mol. The highest BCUT2D eigenvalue weighted by Gasteiger charge is 2.15. The molecule has 1 aromatic heterocycles. The maximum Gasteiger partial charge on any atom is 0.246 e. The van der Waals surface area contributed by atoms with Gasteiger partial charge in [-0.3, -0.25) is 4.79 Å². The average molecular weight is 400 g/mol. The summed E-state index contributed by atoms with van der Waals surface area (Å²) in [5.74, 6) is 1.57. The van der Waals surface area contributed by atoms with Crippen molar-refractivity contribution in [2.45, 2.75) is 26.3 Å². The Labute approximate surface area is 169 Å². The maximum absolute atomic E-state index is 12.3. The van der Waals surface area contributed by atoms with Crippen molar-refractivity contribution < 1.29 is 14.1 Å². The van der Waals surface area contributed by atoms with Crippen molar-refractivity contribution in [2.24, 2.45) is 0 Å². The number of aryl methyl sites for hydroxylation is 1. The zero-order chi connectivity index (χ0) is 19.9. The topological polar surface area (TPSA) is 68.5 Å². The summed E-state index contributed by atoms with van der Waals surface area (Å²) in [6, 6.07) is 15.1. The van der Waals surface area contributed by atoms with E-state index in [0.29, 0.717) is 41.7 Å². The normalized spacial score (nSPS) is 10.7. The zero-order valence-corrected chi connectivity index (χ0v) is 16.6. The van der Waals surface area contributed by atoms with Crippen LogP contribution in [0, 0.1) is 6.92 Å². The number of carbonyl (C=O) groups excluding carboxylic acids is 1. The number of ether oxygens (including phenoxy) is 1. The van der Waals surface area contributed by atoms with Crippen LogP contribution in [0.5, 0.6) is 5.75 Å². The van der Waals surface area contributed by atoms with E-state index in [9.17, 15) is 4.79 Å². The van der Waals surface area contributed by atoms with Gasteiger partial charge in [-0.15, -0.1) is 0 Å². The first-order chi connectivity index (χ1) is 13.5. The van der Waals surface area contributed by atoms with Crippen LogP contribution in [0.1, 0.15) is 24.3 Å². The molecule has 2 aromatic carbocycles. The number of hydrogen-bond acceptors (Lipinski definition) is 5. The van der Waals surface area contributed by atoms with Gasteiger partial charge in [0.05, 0.1) is 18.2 Å². The molecule has 0 aliphatic carbocycles. The van der Waals surface area contributed by atoms with Crippen molar-refractivity contribution in [3.05, 3.63) is 65.0 Å². The quantitative estimate of drug-likeness (QED) is 0.521. The van der Waals surface area contributed by atoms with Crippen molar-refractivity contribution in [3.8, 4) is 17.1 Å².